The van der Waals surface area contributed by atoms with Crippen molar-refractivity contribution in [3.05, 3.63) is 98.4 Å². The molecule has 5 heteroatoms. The molecule has 0 saturated heterocycles. The van der Waals surface area contributed by atoms with E-state index in [-0.39, 0.29) is 11.5 Å². The van der Waals surface area contributed by atoms with E-state index in [4.69, 9.17) is 11.6 Å². The van der Waals surface area contributed by atoms with E-state index < -0.39 is 0 Å². The van der Waals surface area contributed by atoms with Crippen LogP contribution in [0.25, 0.3) is 0 Å². The van der Waals surface area contributed by atoms with Crippen LogP contribution in [0.4, 0.5) is 5.69 Å². The number of anilines is 1. The highest BCUT2D eigenvalue weighted by molar-refractivity contribution is 6.31. The molecule has 0 atom stereocenters. The van der Waals surface area contributed by atoms with Crippen molar-refractivity contribution < 1.29 is 4.79 Å². The predicted molar refractivity (Wildman–Crippen MR) is 105 cm³/mol. The first-order valence-corrected chi connectivity index (χ1v) is 8.64. The Morgan fingerprint density at radius 2 is 1.88 bits per heavy atom. The summed E-state index contributed by atoms with van der Waals surface area (Å²) < 4.78 is 1.53. The summed E-state index contributed by atoms with van der Waals surface area (Å²) in [5.74, 6) is -0.289. The minimum atomic E-state index is -0.289. The van der Waals surface area contributed by atoms with Gasteiger partial charge in [0.15, 0.2) is 0 Å². The Hall–Kier alpha value is -2.85. The van der Waals surface area contributed by atoms with Gasteiger partial charge in [-0.05, 0) is 43.2 Å². The van der Waals surface area contributed by atoms with Crippen LogP contribution in [0.5, 0.6) is 0 Å². The molecule has 1 aromatic heterocycles. The zero-order chi connectivity index (χ0) is 18.7. The summed E-state index contributed by atoms with van der Waals surface area (Å²) >= 11 is 6.10. The van der Waals surface area contributed by atoms with E-state index in [0.717, 1.165) is 16.7 Å². The van der Waals surface area contributed by atoms with Gasteiger partial charge < -0.3 is 9.88 Å². The van der Waals surface area contributed by atoms with Gasteiger partial charge in [0.25, 0.3) is 11.5 Å². The van der Waals surface area contributed by atoms with Crippen LogP contribution in [0.3, 0.4) is 0 Å². The normalized spacial score (nSPS) is 10.6. The molecule has 3 rings (SSSR count). The van der Waals surface area contributed by atoms with Gasteiger partial charge in [0.05, 0.1) is 12.1 Å². The van der Waals surface area contributed by atoms with Gasteiger partial charge in [-0.25, -0.2) is 0 Å². The lowest BCUT2D eigenvalue weighted by Gasteiger charge is -2.10. The lowest BCUT2D eigenvalue weighted by atomic mass is 10.1. The third-order valence-electron chi connectivity index (χ3n) is 4.11. The molecule has 2 aromatic carbocycles. The molecule has 0 aliphatic carbocycles. The number of pyridine rings is 1. The molecular weight excluding hydrogens is 348 g/mol. The summed E-state index contributed by atoms with van der Waals surface area (Å²) in [6.45, 7) is 4.32. The first-order valence-electron chi connectivity index (χ1n) is 8.26. The van der Waals surface area contributed by atoms with Gasteiger partial charge in [-0.2, -0.15) is 0 Å². The van der Waals surface area contributed by atoms with E-state index in [1.165, 1.54) is 16.7 Å². The van der Waals surface area contributed by atoms with Crippen LogP contribution < -0.4 is 10.9 Å². The number of nitrogens with one attached hydrogen (secondary N) is 1. The average Bonchev–Trinajstić information content (AvgIpc) is 2.60. The van der Waals surface area contributed by atoms with E-state index >= 15 is 0 Å². The zero-order valence-electron chi connectivity index (χ0n) is 14.6. The van der Waals surface area contributed by atoms with Crippen molar-refractivity contribution in [1.29, 1.82) is 0 Å². The molecule has 26 heavy (non-hydrogen) atoms. The van der Waals surface area contributed by atoms with Crippen molar-refractivity contribution in [3.8, 4) is 0 Å². The molecule has 0 fully saturated rings. The van der Waals surface area contributed by atoms with E-state index in [0.29, 0.717) is 22.8 Å². The third kappa shape index (κ3) is 4.21. The second-order valence-electron chi connectivity index (χ2n) is 6.29. The van der Waals surface area contributed by atoms with Gasteiger partial charge in [0.1, 0.15) is 0 Å². The van der Waals surface area contributed by atoms with Gasteiger partial charge in [0.2, 0.25) is 0 Å². The summed E-state index contributed by atoms with van der Waals surface area (Å²) in [5.41, 5.74) is 3.95. The monoisotopic (exact) mass is 366 g/mol. The Bertz CT molecular complexity index is 1020. The van der Waals surface area contributed by atoms with Crippen molar-refractivity contribution >= 4 is 23.2 Å². The highest BCUT2D eigenvalue weighted by Gasteiger charge is 2.09. The molecule has 1 amide bonds. The van der Waals surface area contributed by atoms with E-state index in [1.807, 2.05) is 44.2 Å². The molecule has 1 N–H and O–H groups in total. The minimum absolute atomic E-state index is 0.151. The second kappa shape index (κ2) is 7.58. The van der Waals surface area contributed by atoms with Gasteiger partial charge in [-0.1, -0.05) is 47.5 Å². The van der Waals surface area contributed by atoms with Crippen LogP contribution in [-0.4, -0.2) is 10.5 Å². The van der Waals surface area contributed by atoms with Crippen LogP contribution in [0.1, 0.15) is 27.0 Å². The van der Waals surface area contributed by atoms with E-state index in [9.17, 15) is 9.59 Å². The van der Waals surface area contributed by atoms with Gasteiger partial charge in [-0.15, -0.1) is 0 Å². The number of nitrogens with zero attached hydrogens (tertiary/aromatic N) is 1. The fourth-order valence-electron chi connectivity index (χ4n) is 2.67. The number of aromatic nitrogens is 1. The highest BCUT2D eigenvalue weighted by atomic mass is 35.5. The van der Waals surface area contributed by atoms with Gasteiger partial charge >= 0.3 is 0 Å². The molecule has 0 unspecified atom stereocenters. The van der Waals surface area contributed by atoms with E-state index in [1.54, 1.807) is 18.3 Å². The maximum atomic E-state index is 12.5. The fraction of sp³-hybridized carbons (Fsp3) is 0.143. The average molecular weight is 367 g/mol. The molecule has 0 aliphatic heterocycles. The number of halogens is 1. The summed E-state index contributed by atoms with van der Waals surface area (Å²) in [4.78, 5) is 24.6. The van der Waals surface area contributed by atoms with Crippen molar-refractivity contribution in [3.63, 3.8) is 0 Å². The first kappa shape index (κ1) is 18.0. The van der Waals surface area contributed by atoms with Gasteiger partial charge in [-0.3, -0.25) is 9.59 Å². The van der Waals surface area contributed by atoms with Crippen LogP contribution in [0, 0.1) is 13.8 Å². The summed E-state index contributed by atoms with van der Waals surface area (Å²) in [5, 5.41) is 3.40. The lowest BCUT2D eigenvalue weighted by molar-refractivity contribution is 0.102. The number of benzene rings is 2. The largest absolute Gasteiger partial charge is 0.322 e. The van der Waals surface area contributed by atoms with Crippen LogP contribution in [0.15, 0.2) is 65.6 Å². The standard InChI is InChI=1S/C21H19ClN2O2/c1-14-4-3-5-16(10-14)12-24-13-17(7-9-20(24)25)21(26)23-18-8-6-15(2)19(22)11-18/h3-11,13H,12H2,1-2H3,(H,23,26). The second-order valence-corrected chi connectivity index (χ2v) is 6.70. The molecule has 0 aliphatic rings. The Balaban J connectivity index is 1.83. The molecule has 132 valence electrons. The van der Waals surface area contributed by atoms with Crippen LogP contribution in [0.2, 0.25) is 5.02 Å². The van der Waals surface area contributed by atoms with Crippen molar-refractivity contribution in [1.82, 2.24) is 4.57 Å². The molecule has 0 saturated carbocycles. The highest BCUT2D eigenvalue weighted by Crippen LogP contribution is 2.20. The number of rotatable bonds is 4. The smallest absolute Gasteiger partial charge is 0.257 e. The molecular formula is C21H19ClN2O2. The third-order valence-corrected chi connectivity index (χ3v) is 4.52. The molecule has 0 radical (unpaired) electrons. The molecule has 4 nitrogen and oxygen atoms in total. The Morgan fingerprint density at radius 3 is 2.62 bits per heavy atom. The topological polar surface area (TPSA) is 51.1 Å². The molecule has 1 heterocycles. The Kier molecular flexibility index (Phi) is 5.24. The molecule has 3 aromatic rings. The maximum absolute atomic E-state index is 12.5. The first-order chi connectivity index (χ1) is 12.4. The summed E-state index contributed by atoms with van der Waals surface area (Å²) in [6.07, 6.45) is 1.58. The maximum Gasteiger partial charge on any atom is 0.257 e. The quantitative estimate of drug-likeness (QED) is 0.743. The van der Waals surface area contributed by atoms with Crippen molar-refractivity contribution in [2.75, 3.05) is 5.32 Å². The van der Waals surface area contributed by atoms with Crippen LogP contribution in [-0.2, 0) is 6.54 Å². The lowest BCUT2D eigenvalue weighted by Crippen LogP contribution is -2.22. The number of hydrogen-bond donors (Lipinski definition) is 1. The minimum Gasteiger partial charge on any atom is -0.322 e. The van der Waals surface area contributed by atoms with Crippen molar-refractivity contribution in [2.45, 2.75) is 20.4 Å². The number of aryl methyl sites for hydroxylation is 2. The number of amides is 1. The van der Waals surface area contributed by atoms with Gasteiger partial charge in [0, 0.05) is 23.0 Å². The SMILES string of the molecule is Cc1cccc(Cn2cc(C(=O)Nc3ccc(C)c(Cl)c3)ccc2=O)c1. The molecule has 0 bridgehead atoms. The van der Waals surface area contributed by atoms with Crippen LogP contribution >= 0.6 is 11.6 Å². The number of hydrogen-bond acceptors (Lipinski definition) is 2. The van der Waals surface area contributed by atoms with E-state index in [2.05, 4.69) is 5.32 Å². The molecule has 0 spiro atoms. The number of carbonyl (C=O) groups excluding carboxylic acids is 1. The summed E-state index contributed by atoms with van der Waals surface area (Å²) in [6, 6.07) is 16.2. The predicted octanol–water partition coefficient (Wildman–Crippen LogP) is 4.42. The zero-order valence-corrected chi connectivity index (χ0v) is 15.4. The number of carbonyl (C=O) groups is 1. The Morgan fingerprint density at radius 1 is 1.08 bits per heavy atom. The fourth-order valence-corrected chi connectivity index (χ4v) is 2.85. The van der Waals surface area contributed by atoms with Crippen molar-refractivity contribution in [2.24, 2.45) is 0 Å². The summed E-state index contributed by atoms with van der Waals surface area (Å²) in [7, 11) is 0. The Labute approximate surface area is 157 Å².